The minimum absolute atomic E-state index is 0.0945. The van der Waals surface area contributed by atoms with Crippen LogP contribution >= 0.6 is 0 Å². The Morgan fingerprint density at radius 2 is 2.05 bits per heavy atom. The van der Waals surface area contributed by atoms with Gasteiger partial charge >= 0.3 is 0 Å². The van der Waals surface area contributed by atoms with Crippen LogP contribution in [-0.2, 0) is 11.3 Å². The van der Waals surface area contributed by atoms with Crippen molar-refractivity contribution in [3.63, 3.8) is 0 Å². The van der Waals surface area contributed by atoms with E-state index in [1.165, 1.54) is 18.4 Å². The molecule has 1 aromatic rings. The Labute approximate surface area is 116 Å². The number of anilines is 1. The third kappa shape index (κ3) is 3.28. The maximum absolute atomic E-state index is 11.4. The van der Waals surface area contributed by atoms with Crippen LogP contribution in [0, 0.1) is 5.41 Å². The summed E-state index contributed by atoms with van der Waals surface area (Å²) in [6.07, 6.45) is 2.60. The molecule has 3 heteroatoms. The van der Waals surface area contributed by atoms with E-state index in [0.717, 1.165) is 5.69 Å². The number of benzene rings is 1. The average molecular weight is 260 g/mol. The zero-order valence-corrected chi connectivity index (χ0v) is 12.4. The third-order valence-electron chi connectivity index (χ3n) is 4.42. The number of nitrogens with one attached hydrogen (secondary N) is 1. The fraction of sp³-hybridized carbons (Fsp3) is 0.562. The van der Waals surface area contributed by atoms with Crippen molar-refractivity contribution in [2.75, 3.05) is 12.4 Å². The standard InChI is InChI=1S/C16H24N2O/c1-12(16(3)9-10-16)17-15-8-6-5-7-14(15)11-18(4)13(2)19/h5-8,12,17H,9-11H2,1-4H3. The number of hydrogen-bond acceptors (Lipinski definition) is 2. The minimum atomic E-state index is 0.0945. The summed E-state index contributed by atoms with van der Waals surface area (Å²) in [7, 11) is 1.84. The average Bonchev–Trinajstić information content (AvgIpc) is 3.11. The molecule has 1 saturated carbocycles. The predicted octanol–water partition coefficient (Wildman–Crippen LogP) is 3.27. The fourth-order valence-corrected chi connectivity index (χ4v) is 2.20. The van der Waals surface area contributed by atoms with Gasteiger partial charge in [0.2, 0.25) is 5.91 Å². The highest BCUT2D eigenvalue weighted by molar-refractivity contribution is 5.73. The summed E-state index contributed by atoms with van der Waals surface area (Å²) in [5, 5.41) is 3.62. The topological polar surface area (TPSA) is 32.3 Å². The quantitative estimate of drug-likeness (QED) is 0.881. The Morgan fingerprint density at radius 1 is 1.42 bits per heavy atom. The lowest BCUT2D eigenvalue weighted by Crippen LogP contribution is -2.27. The first kappa shape index (κ1) is 13.9. The molecule has 2 rings (SSSR count). The molecule has 1 aliphatic rings. The van der Waals surface area contributed by atoms with Crippen molar-refractivity contribution in [2.45, 2.75) is 46.2 Å². The van der Waals surface area contributed by atoms with Crippen molar-refractivity contribution in [3.8, 4) is 0 Å². The molecule has 0 heterocycles. The lowest BCUT2D eigenvalue weighted by atomic mass is 10.00. The van der Waals surface area contributed by atoms with Crippen LogP contribution in [0.15, 0.2) is 24.3 Å². The van der Waals surface area contributed by atoms with Gasteiger partial charge in [-0.2, -0.15) is 0 Å². The maximum atomic E-state index is 11.4. The molecular formula is C16H24N2O. The molecule has 0 aliphatic heterocycles. The van der Waals surface area contributed by atoms with Gasteiger partial charge in [0.25, 0.3) is 0 Å². The molecular weight excluding hydrogens is 236 g/mol. The summed E-state index contributed by atoms with van der Waals surface area (Å²) >= 11 is 0. The second-order valence-corrected chi connectivity index (χ2v) is 6.05. The molecule has 0 aromatic heterocycles. The van der Waals surface area contributed by atoms with E-state index in [2.05, 4.69) is 31.3 Å². The summed E-state index contributed by atoms with van der Waals surface area (Å²) in [6, 6.07) is 8.73. The summed E-state index contributed by atoms with van der Waals surface area (Å²) < 4.78 is 0. The van der Waals surface area contributed by atoms with E-state index in [9.17, 15) is 4.79 Å². The molecule has 0 radical (unpaired) electrons. The SMILES string of the molecule is CC(=O)N(C)Cc1ccccc1NC(C)C1(C)CC1. The largest absolute Gasteiger partial charge is 0.382 e. The van der Waals surface area contributed by atoms with Crippen molar-refractivity contribution in [2.24, 2.45) is 5.41 Å². The Balaban J connectivity index is 2.09. The number of nitrogens with zero attached hydrogens (tertiary/aromatic N) is 1. The lowest BCUT2D eigenvalue weighted by molar-refractivity contribution is -0.128. The molecule has 3 nitrogen and oxygen atoms in total. The summed E-state index contributed by atoms with van der Waals surface area (Å²) in [5.41, 5.74) is 2.77. The summed E-state index contributed by atoms with van der Waals surface area (Å²) in [6.45, 7) is 6.83. The predicted molar refractivity (Wildman–Crippen MR) is 79.0 cm³/mol. The van der Waals surface area contributed by atoms with Gasteiger partial charge in [0.15, 0.2) is 0 Å². The van der Waals surface area contributed by atoms with E-state index in [1.807, 2.05) is 19.2 Å². The third-order valence-corrected chi connectivity index (χ3v) is 4.42. The van der Waals surface area contributed by atoms with Crippen molar-refractivity contribution >= 4 is 11.6 Å². The minimum Gasteiger partial charge on any atom is -0.382 e. The van der Waals surface area contributed by atoms with E-state index in [-0.39, 0.29) is 5.91 Å². The van der Waals surface area contributed by atoms with Gasteiger partial charge in [0, 0.05) is 32.2 Å². The molecule has 104 valence electrons. The van der Waals surface area contributed by atoms with E-state index in [0.29, 0.717) is 18.0 Å². The van der Waals surface area contributed by atoms with Gasteiger partial charge in [-0.3, -0.25) is 4.79 Å². The summed E-state index contributed by atoms with van der Waals surface area (Å²) in [4.78, 5) is 13.1. The Kier molecular flexibility index (Phi) is 3.83. The second kappa shape index (κ2) is 5.24. The van der Waals surface area contributed by atoms with Crippen molar-refractivity contribution < 1.29 is 4.79 Å². The van der Waals surface area contributed by atoms with E-state index in [1.54, 1.807) is 11.8 Å². The van der Waals surface area contributed by atoms with Gasteiger partial charge in [-0.15, -0.1) is 0 Å². The van der Waals surface area contributed by atoms with Gasteiger partial charge in [0.05, 0.1) is 0 Å². The van der Waals surface area contributed by atoms with Crippen LogP contribution in [0.4, 0.5) is 5.69 Å². The van der Waals surface area contributed by atoms with Crippen LogP contribution in [0.5, 0.6) is 0 Å². The highest BCUT2D eigenvalue weighted by Crippen LogP contribution is 2.48. The molecule has 1 aliphatic carbocycles. The number of carbonyl (C=O) groups excluding carboxylic acids is 1. The zero-order valence-electron chi connectivity index (χ0n) is 12.4. The normalized spacial score (nSPS) is 17.7. The molecule has 1 amide bonds. The maximum Gasteiger partial charge on any atom is 0.219 e. The number of para-hydroxylation sites is 1. The molecule has 1 aromatic carbocycles. The first-order valence-corrected chi connectivity index (χ1v) is 6.98. The molecule has 1 N–H and O–H groups in total. The highest BCUT2D eigenvalue weighted by Gasteiger charge is 2.42. The molecule has 19 heavy (non-hydrogen) atoms. The molecule has 1 atom stereocenters. The van der Waals surface area contributed by atoms with Crippen LogP contribution in [0.3, 0.4) is 0 Å². The summed E-state index contributed by atoms with van der Waals surface area (Å²) in [5.74, 6) is 0.0945. The van der Waals surface area contributed by atoms with Crippen molar-refractivity contribution in [1.29, 1.82) is 0 Å². The Hall–Kier alpha value is -1.51. The first-order valence-electron chi connectivity index (χ1n) is 6.98. The van der Waals surface area contributed by atoms with Gasteiger partial charge in [-0.1, -0.05) is 25.1 Å². The second-order valence-electron chi connectivity index (χ2n) is 6.05. The smallest absolute Gasteiger partial charge is 0.219 e. The van der Waals surface area contributed by atoms with E-state index >= 15 is 0 Å². The molecule has 1 fully saturated rings. The Bertz CT molecular complexity index is 466. The van der Waals surface area contributed by atoms with Crippen LogP contribution in [0.25, 0.3) is 0 Å². The van der Waals surface area contributed by atoms with Gasteiger partial charge in [0.1, 0.15) is 0 Å². The van der Waals surface area contributed by atoms with Crippen LogP contribution in [-0.4, -0.2) is 23.9 Å². The monoisotopic (exact) mass is 260 g/mol. The van der Waals surface area contributed by atoms with E-state index < -0.39 is 0 Å². The van der Waals surface area contributed by atoms with Crippen LogP contribution < -0.4 is 5.32 Å². The molecule has 1 unspecified atom stereocenters. The number of amides is 1. The lowest BCUT2D eigenvalue weighted by Gasteiger charge is -2.24. The van der Waals surface area contributed by atoms with Crippen LogP contribution in [0.2, 0.25) is 0 Å². The van der Waals surface area contributed by atoms with Crippen molar-refractivity contribution in [3.05, 3.63) is 29.8 Å². The Morgan fingerprint density at radius 3 is 2.63 bits per heavy atom. The zero-order chi connectivity index (χ0) is 14.0. The first-order chi connectivity index (χ1) is 8.92. The van der Waals surface area contributed by atoms with Gasteiger partial charge in [-0.25, -0.2) is 0 Å². The molecule has 0 saturated heterocycles. The van der Waals surface area contributed by atoms with Crippen LogP contribution in [0.1, 0.15) is 39.2 Å². The molecule has 0 bridgehead atoms. The number of hydrogen-bond donors (Lipinski definition) is 1. The molecule has 0 spiro atoms. The van der Waals surface area contributed by atoms with Gasteiger partial charge < -0.3 is 10.2 Å². The highest BCUT2D eigenvalue weighted by atomic mass is 16.2. The van der Waals surface area contributed by atoms with Gasteiger partial charge in [-0.05, 0) is 36.8 Å². The fourth-order valence-electron chi connectivity index (χ4n) is 2.20. The van der Waals surface area contributed by atoms with Crippen molar-refractivity contribution in [1.82, 2.24) is 4.90 Å². The number of rotatable bonds is 5. The number of carbonyl (C=O) groups is 1. The van der Waals surface area contributed by atoms with E-state index in [4.69, 9.17) is 0 Å².